The van der Waals surface area contributed by atoms with Gasteiger partial charge in [0, 0.05) is 22.4 Å². The van der Waals surface area contributed by atoms with Gasteiger partial charge >= 0.3 is 0 Å². The van der Waals surface area contributed by atoms with Crippen molar-refractivity contribution in [2.24, 2.45) is 0 Å². The van der Waals surface area contributed by atoms with E-state index in [9.17, 15) is 17.2 Å². The van der Waals surface area contributed by atoms with E-state index in [2.05, 4.69) is 4.98 Å². The number of hydrogen-bond donors (Lipinski definition) is 0. The van der Waals surface area contributed by atoms with E-state index >= 15 is 0 Å². The zero-order chi connectivity index (χ0) is 10.9. The number of pyridine rings is 1. The second-order valence-electron chi connectivity index (χ2n) is 2.62. The summed E-state index contributed by atoms with van der Waals surface area (Å²) in [7, 11) is 1.03. The van der Waals surface area contributed by atoms with Gasteiger partial charge < -0.3 is 0 Å². The highest BCUT2D eigenvalue weighted by molar-refractivity contribution is 8.13. The van der Waals surface area contributed by atoms with Crippen molar-refractivity contribution < 1.29 is 17.2 Å². The van der Waals surface area contributed by atoms with E-state index in [1.807, 2.05) is 0 Å². The van der Waals surface area contributed by atoms with Gasteiger partial charge in [-0.3, -0.25) is 0 Å². The van der Waals surface area contributed by atoms with E-state index in [4.69, 9.17) is 10.7 Å². The molecule has 0 aromatic carbocycles. The summed E-state index contributed by atoms with van der Waals surface area (Å²) < 4.78 is 46.0. The van der Waals surface area contributed by atoms with Crippen LogP contribution < -0.4 is 0 Å². The molecule has 0 fully saturated rings. The van der Waals surface area contributed by atoms with Crippen LogP contribution >= 0.6 is 10.7 Å². The van der Waals surface area contributed by atoms with E-state index in [1.54, 1.807) is 0 Å². The lowest BCUT2D eigenvalue weighted by Crippen LogP contribution is -1.99. The van der Waals surface area contributed by atoms with Gasteiger partial charge in [-0.2, -0.15) is 0 Å². The van der Waals surface area contributed by atoms with Crippen LogP contribution in [0.15, 0.2) is 17.3 Å². The molecule has 0 aliphatic carbocycles. The lowest BCUT2D eigenvalue weighted by atomic mass is 10.2. The molecule has 1 aromatic rings. The first-order chi connectivity index (χ1) is 6.32. The van der Waals surface area contributed by atoms with Gasteiger partial charge in [-0.05, 0) is 18.6 Å². The molecule has 14 heavy (non-hydrogen) atoms. The summed E-state index contributed by atoms with van der Waals surface area (Å²) in [5, 5.41) is -0.416. The maximum atomic E-state index is 12.2. The molecule has 1 aromatic heterocycles. The first-order valence-electron chi connectivity index (χ1n) is 3.51. The highest BCUT2D eigenvalue weighted by atomic mass is 35.7. The molecule has 78 valence electrons. The zero-order valence-corrected chi connectivity index (χ0v) is 8.61. The molecule has 1 rings (SSSR count). The van der Waals surface area contributed by atoms with Gasteiger partial charge in [0.2, 0.25) is 0 Å². The highest BCUT2D eigenvalue weighted by Gasteiger charge is 2.16. The van der Waals surface area contributed by atoms with Gasteiger partial charge in [0.15, 0.2) is 5.03 Å². The van der Waals surface area contributed by atoms with Gasteiger partial charge in [0.05, 0.1) is 0 Å². The predicted octanol–water partition coefficient (Wildman–Crippen LogP) is 2.26. The number of aromatic nitrogens is 1. The second-order valence-corrected chi connectivity index (χ2v) is 5.13. The van der Waals surface area contributed by atoms with Gasteiger partial charge in [-0.25, -0.2) is 22.2 Å². The first kappa shape index (κ1) is 11.3. The lowest BCUT2D eigenvalue weighted by Gasteiger charge is -2.04. The summed E-state index contributed by atoms with van der Waals surface area (Å²) in [5.41, 5.74) is -0.150. The number of halogens is 3. The fourth-order valence-electron chi connectivity index (χ4n) is 0.903. The number of nitrogens with zero attached hydrogens (tertiary/aromatic N) is 1. The molecule has 0 N–H and O–H groups in total. The molecule has 1 heterocycles. The summed E-state index contributed by atoms with van der Waals surface area (Å²) in [6.07, 6.45) is -1.86. The van der Waals surface area contributed by atoms with E-state index < -0.39 is 20.5 Å². The fourth-order valence-corrected chi connectivity index (χ4v) is 1.65. The van der Waals surface area contributed by atoms with Crippen LogP contribution in [0.5, 0.6) is 0 Å². The van der Waals surface area contributed by atoms with Crippen LogP contribution in [0.25, 0.3) is 0 Å². The Morgan fingerprint density at radius 2 is 2.07 bits per heavy atom. The molecule has 0 aliphatic heterocycles. The molecular weight excluding hydrogens is 236 g/mol. The largest absolute Gasteiger partial charge is 0.278 e. The second kappa shape index (κ2) is 3.78. The number of alkyl halides is 2. The monoisotopic (exact) mass is 241 g/mol. The summed E-state index contributed by atoms with van der Waals surface area (Å²) in [6.45, 7) is 1.37. The number of aryl methyl sites for hydroxylation is 1. The molecule has 3 nitrogen and oxygen atoms in total. The van der Waals surface area contributed by atoms with Gasteiger partial charge in [0.1, 0.15) is 0 Å². The van der Waals surface area contributed by atoms with E-state index in [-0.39, 0.29) is 11.1 Å². The number of rotatable bonds is 2. The Labute approximate surface area is 84.1 Å². The third-order valence-electron chi connectivity index (χ3n) is 1.61. The third-order valence-corrected chi connectivity index (χ3v) is 2.81. The van der Waals surface area contributed by atoms with Crippen LogP contribution in [0.4, 0.5) is 8.78 Å². The van der Waals surface area contributed by atoms with Crippen LogP contribution in [0.2, 0.25) is 0 Å². The number of hydrogen-bond acceptors (Lipinski definition) is 3. The molecule has 0 radical (unpaired) electrons. The van der Waals surface area contributed by atoms with Crippen LogP contribution in [0.1, 0.15) is 17.6 Å². The molecule has 0 saturated heterocycles. The van der Waals surface area contributed by atoms with E-state index in [0.29, 0.717) is 0 Å². The average molecular weight is 242 g/mol. The topological polar surface area (TPSA) is 47.0 Å². The smallest absolute Gasteiger partial charge is 0.243 e. The summed E-state index contributed by atoms with van der Waals surface area (Å²) in [5.74, 6) is 0. The van der Waals surface area contributed by atoms with Crippen LogP contribution in [0, 0.1) is 6.92 Å². The van der Waals surface area contributed by atoms with Crippen molar-refractivity contribution >= 4 is 19.7 Å². The molecule has 0 spiro atoms. The minimum absolute atomic E-state index is 0.147. The Balaban J connectivity index is 3.27. The first-order valence-corrected chi connectivity index (χ1v) is 5.82. The zero-order valence-electron chi connectivity index (χ0n) is 7.04. The van der Waals surface area contributed by atoms with Crippen LogP contribution in [-0.2, 0) is 9.05 Å². The van der Waals surface area contributed by atoms with E-state index in [0.717, 1.165) is 12.3 Å². The standard InChI is InChI=1S/C7H6ClF2NO2S/c1-4-2-6(14(8,12)13)11-3-5(4)7(9)10/h2-3,7H,1H3. The Morgan fingerprint density at radius 3 is 2.43 bits per heavy atom. The minimum atomic E-state index is -3.95. The molecule has 0 atom stereocenters. The Morgan fingerprint density at radius 1 is 1.50 bits per heavy atom. The van der Waals surface area contributed by atoms with Crippen molar-refractivity contribution in [1.29, 1.82) is 0 Å². The molecule has 0 bridgehead atoms. The normalized spacial score (nSPS) is 12.1. The van der Waals surface area contributed by atoms with Crippen molar-refractivity contribution in [2.75, 3.05) is 0 Å². The predicted molar refractivity (Wildman–Crippen MR) is 47.0 cm³/mol. The Bertz CT molecular complexity index is 447. The minimum Gasteiger partial charge on any atom is -0.243 e. The van der Waals surface area contributed by atoms with Gasteiger partial charge in [0.25, 0.3) is 15.5 Å². The van der Waals surface area contributed by atoms with Gasteiger partial charge in [-0.1, -0.05) is 0 Å². The van der Waals surface area contributed by atoms with Crippen molar-refractivity contribution in [3.63, 3.8) is 0 Å². The quantitative estimate of drug-likeness (QED) is 0.746. The molecule has 0 unspecified atom stereocenters. The average Bonchev–Trinajstić information content (AvgIpc) is 2.01. The fraction of sp³-hybridized carbons (Fsp3) is 0.286. The summed E-state index contributed by atoms with van der Waals surface area (Å²) in [6, 6.07) is 1.02. The Hall–Kier alpha value is -0.750. The third kappa shape index (κ3) is 2.39. The maximum absolute atomic E-state index is 12.2. The molecule has 0 saturated carbocycles. The van der Waals surface area contributed by atoms with Crippen molar-refractivity contribution in [3.8, 4) is 0 Å². The SMILES string of the molecule is Cc1cc(S(=O)(=O)Cl)ncc1C(F)F. The van der Waals surface area contributed by atoms with Crippen molar-refractivity contribution in [1.82, 2.24) is 4.98 Å². The lowest BCUT2D eigenvalue weighted by molar-refractivity contribution is 0.150. The van der Waals surface area contributed by atoms with Crippen LogP contribution in [-0.4, -0.2) is 13.4 Å². The van der Waals surface area contributed by atoms with Gasteiger partial charge in [-0.15, -0.1) is 0 Å². The van der Waals surface area contributed by atoms with Crippen molar-refractivity contribution in [2.45, 2.75) is 18.4 Å². The van der Waals surface area contributed by atoms with E-state index in [1.165, 1.54) is 6.92 Å². The summed E-state index contributed by atoms with van der Waals surface area (Å²) >= 11 is 0. The highest BCUT2D eigenvalue weighted by Crippen LogP contribution is 2.23. The van der Waals surface area contributed by atoms with Crippen LogP contribution in [0.3, 0.4) is 0 Å². The molecule has 7 heteroatoms. The summed E-state index contributed by atoms with van der Waals surface area (Å²) in [4.78, 5) is 3.33. The maximum Gasteiger partial charge on any atom is 0.278 e. The molecular formula is C7H6ClF2NO2S. The Kier molecular flexibility index (Phi) is 3.06. The molecule has 0 aliphatic rings. The van der Waals surface area contributed by atoms with Crippen molar-refractivity contribution in [3.05, 3.63) is 23.4 Å². The molecule has 0 amide bonds.